The van der Waals surface area contributed by atoms with Crippen molar-refractivity contribution < 1.29 is 4.79 Å². The predicted molar refractivity (Wildman–Crippen MR) is 61.4 cm³/mol. The van der Waals surface area contributed by atoms with Gasteiger partial charge in [-0.15, -0.1) is 0 Å². The van der Waals surface area contributed by atoms with Crippen molar-refractivity contribution in [3.05, 3.63) is 22.7 Å². The first kappa shape index (κ1) is 10.8. The molecule has 0 spiro atoms. The number of benzene rings is 1. The molecule has 0 saturated carbocycles. The highest BCUT2D eigenvalue weighted by Gasteiger charge is 2.11. The summed E-state index contributed by atoms with van der Waals surface area (Å²) in [6, 6.07) is 5.19. The summed E-state index contributed by atoms with van der Waals surface area (Å²) in [7, 11) is 3.24. The molecule has 0 heterocycles. The van der Waals surface area contributed by atoms with Gasteiger partial charge >= 0.3 is 6.03 Å². The molecule has 0 aromatic heterocycles. The zero-order valence-electron chi connectivity index (χ0n) is 8.04. The molecule has 1 aromatic rings. The number of rotatable bonds is 1. The second-order valence-corrected chi connectivity index (χ2v) is 3.73. The van der Waals surface area contributed by atoms with Crippen LogP contribution in [0.1, 0.15) is 0 Å². The molecule has 0 atom stereocenters. The number of carbonyl (C=O) groups excluding carboxylic acids is 1. The molecule has 0 radical (unpaired) electrons. The number of nitrogens with one attached hydrogen (secondary N) is 1. The standard InChI is InChI=1S/C9H12BrN3O/c1-12-9(14)13(2)8-4-3-6(10)5-7(8)11/h3-5H,11H2,1-2H3,(H,12,14). The van der Waals surface area contributed by atoms with Crippen molar-refractivity contribution in [1.29, 1.82) is 0 Å². The first-order valence-electron chi connectivity index (χ1n) is 4.06. The summed E-state index contributed by atoms with van der Waals surface area (Å²) in [5, 5.41) is 2.52. The van der Waals surface area contributed by atoms with E-state index in [9.17, 15) is 4.79 Å². The number of carbonyl (C=O) groups is 1. The minimum atomic E-state index is -0.195. The molecule has 0 aliphatic heterocycles. The molecule has 0 aliphatic rings. The number of hydrogen-bond acceptors (Lipinski definition) is 2. The summed E-state index contributed by atoms with van der Waals surface area (Å²) in [5.74, 6) is 0. The average Bonchev–Trinajstić information content (AvgIpc) is 2.15. The maximum absolute atomic E-state index is 11.3. The minimum absolute atomic E-state index is 0.195. The van der Waals surface area contributed by atoms with Crippen LogP contribution in [0.15, 0.2) is 22.7 Å². The molecule has 4 nitrogen and oxygen atoms in total. The summed E-state index contributed by atoms with van der Waals surface area (Å²) in [5.41, 5.74) is 7.01. The third kappa shape index (κ3) is 2.17. The van der Waals surface area contributed by atoms with E-state index in [4.69, 9.17) is 5.73 Å². The van der Waals surface area contributed by atoms with Crippen LogP contribution in [0.25, 0.3) is 0 Å². The third-order valence-electron chi connectivity index (χ3n) is 1.87. The van der Waals surface area contributed by atoms with Crippen LogP contribution in [-0.2, 0) is 0 Å². The fourth-order valence-corrected chi connectivity index (χ4v) is 1.49. The molecule has 0 aliphatic carbocycles. The number of hydrogen-bond donors (Lipinski definition) is 2. The van der Waals surface area contributed by atoms with Gasteiger partial charge in [-0.05, 0) is 18.2 Å². The molecular weight excluding hydrogens is 246 g/mol. The average molecular weight is 258 g/mol. The lowest BCUT2D eigenvalue weighted by atomic mass is 10.2. The first-order valence-corrected chi connectivity index (χ1v) is 4.86. The lowest BCUT2D eigenvalue weighted by Crippen LogP contribution is -2.35. The van der Waals surface area contributed by atoms with Gasteiger partial charge < -0.3 is 11.1 Å². The topological polar surface area (TPSA) is 58.4 Å². The predicted octanol–water partition coefficient (Wildman–Crippen LogP) is 1.81. The van der Waals surface area contributed by atoms with Gasteiger partial charge in [0.05, 0.1) is 11.4 Å². The van der Waals surface area contributed by atoms with Gasteiger partial charge in [0.25, 0.3) is 0 Å². The smallest absolute Gasteiger partial charge is 0.321 e. The quantitative estimate of drug-likeness (QED) is 0.754. The van der Waals surface area contributed by atoms with E-state index in [1.165, 1.54) is 4.90 Å². The molecule has 5 heteroatoms. The third-order valence-corrected chi connectivity index (χ3v) is 2.36. The fourth-order valence-electron chi connectivity index (χ4n) is 1.11. The maximum atomic E-state index is 11.3. The Bertz CT molecular complexity index is 354. The highest BCUT2D eigenvalue weighted by molar-refractivity contribution is 9.10. The van der Waals surface area contributed by atoms with Gasteiger partial charge in [0.15, 0.2) is 0 Å². The van der Waals surface area contributed by atoms with E-state index in [0.717, 1.165) is 4.47 Å². The Morgan fingerprint density at radius 3 is 2.71 bits per heavy atom. The van der Waals surface area contributed by atoms with Crippen molar-refractivity contribution >= 4 is 33.3 Å². The Hall–Kier alpha value is -1.23. The molecule has 0 saturated heterocycles. The molecular formula is C9H12BrN3O. The summed E-state index contributed by atoms with van der Waals surface area (Å²) >= 11 is 3.30. The zero-order valence-corrected chi connectivity index (χ0v) is 9.63. The molecule has 76 valence electrons. The summed E-state index contributed by atoms with van der Waals surface area (Å²) < 4.78 is 0.893. The molecule has 0 fully saturated rings. The molecule has 0 unspecified atom stereocenters. The molecule has 2 amide bonds. The number of nitrogens with zero attached hydrogens (tertiary/aromatic N) is 1. The van der Waals surface area contributed by atoms with Gasteiger partial charge in [0.2, 0.25) is 0 Å². The van der Waals surface area contributed by atoms with E-state index in [1.807, 2.05) is 6.07 Å². The van der Waals surface area contributed by atoms with Crippen LogP contribution in [0.4, 0.5) is 16.2 Å². The van der Waals surface area contributed by atoms with Crippen LogP contribution >= 0.6 is 15.9 Å². The second kappa shape index (κ2) is 4.32. The number of anilines is 2. The Balaban J connectivity index is 3.01. The monoisotopic (exact) mass is 257 g/mol. The van der Waals surface area contributed by atoms with Crippen LogP contribution in [0.3, 0.4) is 0 Å². The van der Waals surface area contributed by atoms with E-state index >= 15 is 0 Å². The van der Waals surface area contributed by atoms with Gasteiger partial charge in [0.1, 0.15) is 0 Å². The summed E-state index contributed by atoms with van der Waals surface area (Å²) in [4.78, 5) is 12.8. The van der Waals surface area contributed by atoms with Gasteiger partial charge in [-0.2, -0.15) is 0 Å². The SMILES string of the molecule is CNC(=O)N(C)c1ccc(Br)cc1N. The van der Waals surface area contributed by atoms with Crippen molar-refractivity contribution in [2.75, 3.05) is 24.7 Å². The molecule has 0 bridgehead atoms. The van der Waals surface area contributed by atoms with E-state index in [-0.39, 0.29) is 6.03 Å². The van der Waals surface area contributed by atoms with Gasteiger partial charge in [-0.1, -0.05) is 15.9 Å². The van der Waals surface area contributed by atoms with Crippen LogP contribution in [0.5, 0.6) is 0 Å². The van der Waals surface area contributed by atoms with E-state index < -0.39 is 0 Å². The normalized spacial score (nSPS) is 9.64. The minimum Gasteiger partial charge on any atom is -0.397 e. The van der Waals surface area contributed by atoms with Crippen LogP contribution < -0.4 is 16.0 Å². The molecule has 1 aromatic carbocycles. The second-order valence-electron chi connectivity index (χ2n) is 2.82. The first-order chi connectivity index (χ1) is 6.56. The highest BCUT2D eigenvalue weighted by Crippen LogP contribution is 2.25. The number of nitrogens with two attached hydrogens (primary N) is 1. The number of halogens is 1. The molecule has 3 N–H and O–H groups in total. The van der Waals surface area contributed by atoms with Gasteiger partial charge in [-0.25, -0.2) is 4.79 Å². The molecule has 14 heavy (non-hydrogen) atoms. The zero-order chi connectivity index (χ0) is 10.7. The van der Waals surface area contributed by atoms with Gasteiger partial charge in [0, 0.05) is 18.6 Å². The van der Waals surface area contributed by atoms with Crippen molar-refractivity contribution in [3.63, 3.8) is 0 Å². The van der Waals surface area contributed by atoms with E-state index in [2.05, 4.69) is 21.2 Å². The maximum Gasteiger partial charge on any atom is 0.321 e. The number of nitrogen functional groups attached to an aromatic ring is 1. The van der Waals surface area contributed by atoms with E-state index in [1.54, 1.807) is 26.2 Å². The van der Waals surface area contributed by atoms with Crippen molar-refractivity contribution in [3.8, 4) is 0 Å². The number of urea groups is 1. The van der Waals surface area contributed by atoms with Crippen LogP contribution in [-0.4, -0.2) is 20.1 Å². The fraction of sp³-hybridized carbons (Fsp3) is 0.222. The van der Waals surface area contributed by atoms with E-state index in [0.29, 0.717) is 11.4 Å². The number of amides is 2. The molecule has 1 rings (SSSR count). The Morgan fingerprint density at radius 2 is 2.21 bits per heavy atom. The Morgan fingerprint density at radius 1 is 1.57 bits per heavy atom. The summed E-state index contributed by atoms with van der Waals surface area (Å²) in [6.07, 6.45) is 0. The Kier molecular flexibility index (Phi) is 3.35. The van der Waals surface area contributed by atoms with Crippen molar-refractivity contribution in [2.24, 2.45) is 0 Å². The Labute approximate surface area is 91.2 Å². The van der Waals surface area contributed by atoms with Crippen molar-refractivity contribution in [2.45, 2.75) is 0 Å². The highest BCUT2D eigenvalue weighted by atomic mass is 79.9. The largest absolute Gasteiger partial charge is 0.397 e. The lowest BCUT2D eigenvalue weighted by molar-refractivity contribution is 0.249. The van der Waals surface area contributed by atoms with Gasteiger partial charge in [-0.3, -0.25) is 4.90 Å². The lowest BCUT2D eigenvalue weighted by Gasteiger charge is -2.18. The van der Waals surface area contributed by atoms with Crippen LogP contribution in [0.2, 0.25) is 0 Å². The summed E-state index contributed by atoms with van der Waals surface area (Å²) in [6.45, 7) is 0. The van der Waals surface area contributed by atoms with Crippen LogP contribution in [0, 0.1) is 0 Å². The van der Waals surface area contributed by atoms with Crippen molar-refractivity contribution in [1.82, 2.24) is 5.32 Å².